The molecule has 0 aliphatic heterocycles. The maximum Gasteiger partial charge on any atom is 0.339 e. The number of nitrogens with zero attached hydrogens (tertiary/aromatic N) is 1. The highest BCUT2D eigenvalue weighted by atomic mass is 16.4. The number of carboxylic acid groups (broad SMARTS) is 1. The number of amides is 1. The van der Waals surface area contributed by atoms with Gasteiger partial charge in [0.25, 0.3) is 0 Å². The fourth-order valence-electron chi connectivity index (χ4n) is 1.92. The molecule has 0 saturated heterocycles. The van der Waals surface area contributed by atoms with Crippen LogP contribution in [0.3, 0.4) is 0 Å². The molecule has 2 rings (SSSR count). The summed E-state index contributed by atoms with van der Waals surface area (Å²) in [7, 11) is 0. The standard InChI is InChI=1S/C14H15N3O3/c1-9-13(14(19)20)11(8-16-9)17-12(18)5-4-10-3-2-6-15-7-10/h2-3,6-8,16H,4-5H2,1H3,(H,17,18)(H,19,20). The van der Waals surface area contributed by atoms with Crippen molar-refractivity contribution in [3.63, 3.8) is 0 Å². The Morgan fingerprint density at radius 2 is 2.25 bits per heavy atom. The van der Waals surface area contributed by atoms with Crippen molar-refractivity contribution in [3.05, 3.63) is 47.5 Å². The molecule has 0 aliphatic carbocycles. The van der Waals surface area contributed by atoms with Gasteiger partial charge in [-0.3, -0.25) is 9.78 Å². The Hall–Kier alpha value is -2.63. The van der Waals surface area contributed by atoms with Gasteiger partial charge in [0, 0.05) is 30.7 Å². The first-order valence-electron chi connectivity index (χ1n) is 6.18. The Balaban J connectivity index is 1.97. The molecule has 6 heteroatoms. The van der Waals surface area contributed by atoms with Crippen LogP contribution >= 0.6 is 0 Å². The second-order valence-electron chi connectivity index (χ2n) is 4.42. The van der Waals surface area contributed by atoms with Crippen LogP contribution in [0.2, 0.25) is 0 Å². The highest BCUT2D eigenvalue weighted by Crippen LogP contribution is 2.19. The summed E-state index contributed by atoms with van der Waals surface area (Å²) in [6, 6.07) is 3.70. The van der Waals surface area contributed by atoms with Gasteiger partial charge in [0.2, 0.25) is 5.91 Å². The number of carboxylic acids is 1. The summed E-state index contributed by atoms with van der Waals surface area (Å²) < 4.78 is 0. The van der Waals surface area contributed by atoms with Crippen LogP contribution in [0.25, 0.3) is 0 Å². The van der Waals surface area contributed by atoms with Crippen molar-refractivity contribution in [2.75, 3.05) is 5.32 Å². The Labute approximate surface area is 115 Å². The van der Waals surface area contributed by atoms with E-state index < -0.39 is 5.97 Å². The number of pyridine rings is 1. The van der Waals surface area contributed by atoms with Crippen molar-refractivity contribution >= 4 is 17.6 Å². The summed E-state index contributed by atoms with van der Waals surface area (Å²) in [5, 5.41) is 11.7. The Morgan fingerprint density at radius 3 is 2.90 bits per heavy atom. The molecule has 0 saturated carbocycles. The number of carbonyl (C=O) groups is 2. The molecule has 0 radical (unpaired) electrons. The second-order valence-corrected chi connectivity index (χ2v) is 4.42. The van der Waals surface area contributed by atoms with E-state index in [2.05, 4.69) is 15.3 Å². The van der Waals surface area contributed by atoms with Crippen LogP contribution < -0.4 is 5.32 Å². The molecule has 0 fully saturated rings. The summed E-state index contributed by atoms with van der Waals surface area (Å²) in [4.78, 5) is 29.7. The van der Waals surface area contributed by atoms with E-state index >= 15 is 0 Å². The van der Waals surface area contributed by atoms with Gasteiger partial charge in [-0.05, 0) is 25.0 Å². The van der Waals surface area contributed by atoms with Gasteiger partial charge < -0.3 is 15.4 Å². The number of rotatable bonds is 5. The van der Waals surface area contributed by atoms with E-state index in [4.69, 9.17) is 5.11 Å². The van der Waals surface area contributed by atoms with Gasteiger partial charge in [-0.2, -0.15) is 0 Å². The summed E-state index contributed by atoms with van der Waals surface area (Å²) in [6.07, 6.45) is 5.70. The molecule has 2 aromatic heterocycles. The SMILES string of the molecule is Cc1[nH]cc(NC(=O)CCc2cccnc2)c1C(=O)O. The Bertz CT molecular complexity index is 620. The first kappa shape index (κ1) is 13.8. The van der Waals surface area contributed by atoms with Crippen molar-refractivity contribution < 1.29 is 14.7 Å². The van der Waals surface area contributed by atoms with Crippen LogP contribution in [0, 0.1) is 6.92 Å². The lowest BCUT2D eigenvalue weighted by molar-refractivity contribution is -0.116. The normalized spacial score (nSPS) is 10.2. The molecule has 0 unspecified atom stereocenters. The molecule has 0 bridgehead atoms. The van der Waals surface area contributed by atoms with E-state index in [9.17, 15) is 9.59 Å². The molecule has 6 nitrogen and oxygen atoms in total. The largest absolute Gasteiger partial charge is 0.478 e. The van der Waals surface area contributed by atoms with E-state index in [1.165, 1.54) is 6.20 Å². The van der Waals surface area contributed by atoms with Crippen LogP contribution in [0.1, 0.15) is 28.0 Å². The fourth-order valence-corrected chi connectivity index (χ4v) is 1.92. The maximum absolute atomic E-state index is 11.8. The summed E-state index contributed by atoms with van der Waals surface area (Å²) in [6.45, 7) is 1.65. The first-order chi connectivity index (χ1) is 9.58. The molecule has 1 amide bonds. The number of anilines is 1. The van der Waals surface area contributed by atoms with Gasteiger partial charge in [0.1, 0.15) is 5.56 Å². The van der Waals surface area contributed by atoms with E-state index in [-0.39, 0.29) is 17.9 Å². The molecule has 104 valence electrons. The van der Waals surface area contributed by atoms with Crippen molar-refractivity contribution in [1.82, 2.24) is 9.97 Å². The summed E-state index contributed by atoms with van der Waals surface area (Å²) >= 11 is 0. The van der Waals surface area contributed by atoms with E-state index in [1.807, 2.05) is 12.1 Å². The van der Waals surface area contributed by atoms with E-state index in [0.29, 0.717) is 17.8 Å². The number of aryl methyl sites for hydroxylation is 2. The monoisotopic (exact) mass is 273 g/mol. The quantitative estimate of drug-likeness (QED) is 0.776. The second kappa shape index (κ2) is 6.01. The van der Waals surface area contributed by atoms with Gasteiger partial charge in [-0.1, -0.05) is 6.07 Å². The number of hydrogen-bond acceptors (Lipinski definition) is 3. The number of hydrogen-bond donors (Lipinski definition) is 3. The van der Waals surface area contributed by atoms with Crippen LogP contribution in [0.4, 0.5) is 5.69 Å². The third kappa shape index (κ3) is 3.23. The van der Waals surface area contributed by atoms with Gasteiger partial charge in [0.05, 0.1) is 5.69 Å². The lowest BCUT2D eigenvalue weighted by atomic mass is 10.1. The van der Waals surface area contributed by atoms with Crippen LogP contribution in [0.5, 0.6) is 0 Å². The minimum atomic E-state index is -1.06. The number of nitrogens with one attached hydrogen (secondary N) is 2. The molecular weight excluding hydrogens is 258 g/mol. The minimum Gasteiger partial charge on any atom is -0.478 e. The highest BCUT2D eigenvalue weighted by molar-refractivity contribution is 6.01. The smallest absolute Gasteiger partial charge is 0.339 e. The van der Waals surface area contributed by atoms with Crippen molar-refractivity contribution in [2.45, 2.75) is 19.8 Å². The number of aromatic nitrogens is 2. The van der Waals surface area contributed by atoms with Crippen molar-refractivity contribution in [1.29, 1.82) is 0 Å². The van der Waals surface area contributed by atoms with Gasteiger partial charge >= 0.3 is 5.97 Å². The minimum absolute atomic E-state index is 0.0970. The van der Waals surface area contributed by atoms with Crippen molar-refractivity contribution in [2.24, 2.45) is 0 Å². The maximum atomic E-state index is 11.8. The van der Waals surface area contributed by atoms with Crippen LogP contribution in [-0.4, -0.2) is 27.0 Å². The Kier molecular flexibility index (Phi) is 4.14. The molecule has 3 N–H and O–H groups in total. The predicted molar refractivity (Wildman–Crippen MR) is 73.7 cm³/mol. The average Bonchev–Trinajstić information content (AvgIpc) is 2.78. The third-order valence-electron chi connectivity index (χ3n) is 2.93. The lowest BCUT2D eigenvalue weighted by Gasteiger charge is -2.05. The fraction of sp³-hybridized carbons (Fsp3) is 0.214. The van der Waals surface area contributed by atoms with Gasteiger partial charge in [-0.15, -0.1) is 0 Å². The third-order valence-corrected chi connectivity index (χ3v) is 2.93. The Morgan fingerprint density at radius 1 is 1.45 bits per heavy atom. The molecule has 0 atom stereocenters. The molecule has 2 heterocycles. The lowest BCUT2D eigenvalue weighted by Crippen LogP contribution is -2.14. The zero-order valence-electron chi connectivity index (χ0n) is 11.0. The summed E-state index contributed by atoms with van der Waals surface area (Å²) in [5.74, 6) is -1.29. The number of aromatic carboxylic acids is 1. The molecule has 20 heavy (non-hydrogen) atoms. The highest BCUT2D eigenvalue weighted by Gasteiger charge is 2.16. The predicted octanol–water partition coefficient (Wildman–Crippen LogP) is 1.99. The molecular formula is C14H15N3O3. The van der Waals surface area contributed by atoms with Crippen LogP contribution in [0.15, 0.2) is 30.7 Å². The van der Waals surface area contributed by atoms with E-state index in [1.54, 1.807) is 19.3 Å². The average molecular weight is 273 g/mol. The number of carbonyl (C=O) groups excluding carboxylic acids is 1. The van der Waals surface area contributed by atoms with Gasteiger partial charge in [-0.25, -0.2) is 4.79 Å². The zero-order chi connectivity index (χ0) is 14.5. The molecule has 0 aromatic carbocycles. The summed E-state index contributed by atoms with van der Waals surface area (Å²) in [5.41, 5.74) is 1.87. The number of aromatic amines is 1. The van der Waals surface area contributed by atoms with E-state index in [0.717, 1.165) is 5.56 Å². The molecule has 0 spiro atoms. The van der Waals surface area contributed by atoms with Gasteiger partial charge in [0.15, 0.2) is 0 Å². The topological polar surface area (TPSA) is 95.1 Å². The van der Waals surface area contributed by atoms with Crippen LogP contribution in [-0.2, 0) is 11.2 Å². The molecule has 2 aromatic rings. The molecule has 0 aliphatic rings. The zero-order valence-corrected chi connectivity index (χ0v) is 11.0. The number of H-pyrrole nitrogens is 1. The first-order valence-corrected chi connectivity index (χ1v) is 6.18. The van der Waals surface area contributed by atoms with Crippen molar-refractivity contribution in [3.8, 4) is 0 Å².